The van der Waals surface area contributed by atoms with Gasteiger partial charge in [0.1, 0.15) is 0 Å². The molecule has 1 atom stereocenters. The van der Waals surface area contributed by atoms with Gasteiger partial charge in [-0.3, -0.25) is 10.1 Å². The number of hydrogen-bond donors (Lipinski definition) is 1. The van der Waals surface area contributed by atoms with E-state index in [-0.39, 0.29) is 0 Å². The molecule has 0 radical (unpaired) electrons. The lowest BCUT2D eigenvalue weighted by molar-refractivity contribution is -0.128. The van der Waals surface area contributed by atoms with Gasteiger partial charge in [-0.1, -0.05) is 39.5 Å². The van der Waals surface area contributed by atoms with E-state index in [1.165, 1.54) is 32.1 Å². The summed E-state index contributed by atoms with van der Waals surface area (Å²) in [4.78, 5) is 14.0. The van der Waals surface area contributed by atoms with Crippen LogP contribution in [-0.2, 0) is 4.79 Å². The molecule has 1 aliphatic heterocycles. The van der Waals surface area contributed by atoms with E-state index in [0.29, 0.717) is 18.6 Å². The van der Waals surface area contributed by atoms with E-state index in [1.54, 1.807) is 0 Å². The molecule has 1 amide bonds. The highest BCUT2D eigenvalue weighted by atomic mass is 16.2. The number of carbonyl (C=O) groups excluding carboxylic acids is 1. The van der Waals surface area contributed by atoms with E-state index >= 15 is 0 Å². The Labute approximate surface area is 111 Å². The fraction of sp³-hybridized carbons (Fsp3) is 0.933. The molecule has 3 nitrogen and oxygen atoms in total. The van der Waals surface area contributed by atoms with Gasteiger partial charge >= 0.3 is 0 Å². The van der Waals surface area contributed by atoms with Crippen LogP contribution >= 0.6 is 0 Å². The van der Waals surface area contributed by atoms with E-state index in [0.717, 1.165) is 31.2 Å². The summed E-state index contributed by atoms with van der Waals surface area (Å²) < 4.78 is 0. The molecule has 3 heteroatoms. The maximum absolute atomic E-state index is 11.9. The Morgan fingerprint density at radius 1 is 1.17 bits per heavy atom. The fourth-order valence-electron chi connectivity index (χ4n) is 3.45. The minimum absolute atomic E-state index is 0.311. The zero-order valence-electron chi connectivity index (χ0n) is 12.0. The van der Waals surface area contributed by atoms with Gasteiger partial charge in [0.15, 0.2) is 0 Å². The fourth-order valence-corrected chi connectivity index (χ4v) is 3.45. The molecule has 18 heavy (non-hydrogen) atoms. The summed E-state index contributed by atoms with van der Waals surface area (Å²) in [6, 6.07) is 0. The first-order chi connectivity index (χ1) is 8.74. The number of amides is 1. The first kappa shape index (κ1) is 13.9. The number of carbonyl (C=O) groups is 1. The molecule has 1 unspecified atom stereocenters. The van der Waals surface area contributed by atoms with Crippen LogP contribution in [0.1, 0.15) is 58.8 Å². The maximum Gasteiger partial charge on any atom is 0.237 e. The third-order valence-electron chi connectivity index (χ3n) is 4.75. The third-order valence-corrected chi connectivity index (χ3v) is 4.75. The van der Waals surface area contributed by atoms with Crippen molar-refractivity contribution < 1.29 is 4.79 Å². The van der Waals surface area contributed by atoms with E-state index in [4.69, 9.17) is 0 Å². The minimum Gasteiger partial charge on any atom is -0.326 e. The van der Waals surface area contributed by atoms with Crippen molar-refractivity contribution in [2.45, 2.75) is 65.0 Å². The Hall–Kier alpha value is -0.570. The van der Waals surface area contributed by atoms with Gasteiger partial charge in [0.25, 0.3) is 0 Å². The Kier molecular flexibility index (Phi) is 5.04. The summed E-state index contributed by atoms with van der Waals surface area (Å²) in [6.07, 6.45) is 9.26. The summed E-state index contributed by atoms with van der Waals surface area (Å²) in [7, 11) is 0. The number of hydrogen-bond acceptors (Lipinski definition) is 2. The monoisotopic (exact) mass is 252 g/mol. The van der Waals surface area contributed by atoms with Crippen LogP contribution in [0.2, 0.25) is 0 Å². The van der Waals surface area contributed by atoms with E-state index < -0.39 is 0 Å². The SMILES string of the molecule is CCCC1NCC(=O)N1CC1CCC(CC)CC1. The highest BCUT2D eigenvalue weighted by molar-refractivity contribution is 5.80. The zero-order chi connectivity index (χ0) is 13.0. The molecule has 1 N–H and O–H groups in total. The predicted octanol–water partition coefficient (Wildman–Crippen LogP) is 2.76. The summed E-state index contributed by atoms with van der Waals surface area (Å²) in [5, 5.41) is 3.34. The first-order valence-corrected chi connectivity index (χ1v) is 7.77. The molecule has 0 aromatic heterocycles. The van der Waals surface area contributed by atoms with Gasteiger partial charge in [-0.15, -0.1) is 0 Å². The molecular weight excluding hydrogens is 224 g/mol. The Morgan fingerprint density at radius 2 is 1.83 bits per heavy atom. The molecule has 2 aliphatic rings. The van der Waals surface area contributed by atoms with Crippen LogP contribution in [-0.4, -0.2) is 30.1 Å². The Morgan fingerprint density at radius 3 is 2.44 bits per heavy atom. The summed E-state index contributed by atoms with van der Waals surface area (Å²) in [6.45, 7) is 6.03. The number of nitrogens with zero attached hydrogens (tertiary/aromatic N) is 1. The largest absolute Gasteiger partial charge is 0.326 e. The lowest BCUT2D eigenvalue weighted by atomic mass is 9.80. The van der Waals surface area contributed by atoms with Crippen molar-refractivity contribution in [1.29, 1.82) is 0 Å². The van der Waals surface area contributed by atoms with Crippen LogP contribution in [0.4, 0.5) is 0 Å². The van der Waals surface area contributed by atoms with Crippen molar-refractivity contribution in [1.82, 2.24) is 10.2 Å². The van der Waals surface area contributed by atoms with Crippen LogP contribution < -0.4 is 5.32 Å². The molecule has 1 aliphatic carbocycles. The molecule has 1 heterocycles. The Balaban J connectivity index is 1.82. The highest BCUT2D eigenvalue weighted by Gasteiger charge is 2.32. The molecule has 1 saturated heterocycles. The second-order valence-corrected chi connectivity index (χ2v) is 6.03. The van der Waals surface area contributed by atoms with Gasteiger partial charge in [0.05, 0.1) is 12.7 Å². The third kappa shape index (κ3) is 3.25. The molecule has 2 rings (SSSR count). The van der Waals surface area contributed by atoms with Crippen LogP contribution in [0.3, 0.4) is 0 Å². The molecule has 0 aromatic carbocycles. The molecule has 2 fully saturated rings. The second-order valence-electron chi connectivity index (χ2n) is 6.03. The summed E-state index contributed by atoms with van der Waals surface area (Å²) in [5.41, 5.74) is 0. The van der Waals surface area contributed by atoms with Gasteiger partial charge in [-0.05, 0) is 31.1 Å². The standard InChI is InChI=1S/C15H28N2O/c1-3-5-14-16-10-15(18)17(14)11-13-8-6-12(4-2)7-9-13/h12-14,16H,3-11H2,1-2H3. The van der Waals surface area contributed by atoms with Crippen molar-refractivity contribution in [2.24, 2.45) is 11.8 Å². The van der Waals surface area contributed by atoms with Crippen molar-refractivity contribution in [3.63, 3.8) is 0 Å². The zero-order valence-corrected chi connectivity index (χ0v) is 12.0. The van der Waals surface area contributed by atoms with Gasteiger partial charge in [0, 0.05) is 6.54 Å². The molecule has 0 aromatic rings. The van der Waals surface area contributed by atoms with Gasteiger partial charge in [-0.2, -0.15) is 0 Å². The topological polar surface area (TPSA) is 32.3 Å². The quantitative estimate of drug-likeness (QED) is 0.816. The molecule has 1 saturated carbocycles. The molecule has 0 bridgehead atoms. The van der Waals surface area contributed by atoms with Gasteiger partial charge in [-0.25, -0.2) is 0 Å². The lowest BCUT2D eigenvalue weighted by Crippen LogP contribution is -2.41. The average Bonchev–Trinajstić information content (AvgIpc) is 2.73. The molecular formula is C15H28N2O. The van der Waals surface area contributed by atoms with E-state index in [9.17, 15) is 4.79 Å². The lowest BCUT2D eigenvalue weighted by Gasteiger charge is -2.33. The van der Waals surface area contributed by atoms with Crippen LogP contribution in [0.25, 0.3) is 0 Å². The van der Waals surface area contributed by atoms with E-state index in [1.807, 2.05) is 0 Å². The van der Waals surface area contributed by atoms with Crippen molar-refractivity contribution in [3.05, 3.63) is 0 Å². The number of rotatable bonds is 5. The van der Waals surface area contributed by atoms with E-state index in [2.05, 4.69) is 24.1 Å². The van der Waals surface area contributed by atoms with Gasteiger partial charge < -0.3 is 4.90 Å². The normalized spacial score (nSPS) is 33.1. The van der Waals surface area contributed by atoms with Gasteiger partial charge in [0.2, 0.25) is 5.91 Å². The highest BCUT2D eigenvalue weighted by Crippen LogP contribution is 2.31. The van der Waals surface area contributed by atoms with Crippen LogP contribution in [0.5, 0.6) is 0 Å². The van der Waals surface area contributed by atoms with Crippen LogP contribution in [0.15, 0.2) is 0 Å². The smallest absolute Gasteiger partial charge is 0.237 e. The summed E-state index contributed by atoms with van der Waals surface area (Å²) >= 11 is 0. The predicted molar refractivity (Wildman–Crippen MR) is 74.2 cm³/mol. The molecule has 0 spiro atoms. The van der Waals surface area contributed by atoms with Crippen molar-refractivity contribution >= 4 is 5.91 Å². The van der Waals surface area contributed by atoms with Crippen molar-refractivity contribution in [3.8, 4) is 0 Å². The average molecular weight is 252 g/mol. The molecule has 104 valence electrons. The summed E-state index contributed by atoms with van der Waals surface area (Å²) in [5.74, 6) is 2.00. The number of nitrogens with one attached hydrogen (secondary N) is 1. The second kappa shape index (κ2) is 6.55. The Bertz CT molecular complexity index is 272. The maximum atomic E-state index is 11.9. The van der Waals surface area contributed by atoms with Crippen molar-refractivity contribution in [2.75, 3.05) is 13.1 Å². The minimum atomic E-state index is 0.311. The first-order valence-electron chi connectivity index (χ1n) is 7.77. The van der Waals surface area contributed by atoms with Crippen LogP contribution in [0, 0.1) is 11.8 Å².